The van der Waals surface area contributed by atoms with Crippen molar-refractivity contribution in [3.63, 3.8) is 0 Å². The zero-order valence-corrected chi connectivity index (χ0v) is 21.9. The smallest absolute Gasteiger partial charge is 0.434 e. The van der Waals surface area contributed by atoms with Crippen LogP contribution in [0.1, 0.15) is 31.4 Å². The van der Waals surface area contributed by atoms with E-state index in [1.807, 2.05) is 48.5 Å². The molecule has 1 heterocycles. The quantitative estimate of drug-likeness (QED) is 0.325. The third-order valence-electron chi connectivity index (χ3n) is 4.32. The molecular weight excluding hydrogens is 510 g/mol. The van der Waals surface area contributed by atoms with Crippen LogP contribution >= 0.6 is 0 Å². The van der Waals surface area contributed by atoms with Crippen molar-refractivity contribution in [2.24, 2.45) is 5.73 Å². The Kier molecular flexibility index (Phi) is 15.6. The van der Waals surface area contributed by atoms with E-state index in [9.17, 15) is 24.6 Å². The molecule has 0 aliphatic carbocycles. The van der Waals surface area contributed by atoms with Crippen LogP contribution in [-0.4, -0.2) is 50.6 Å². The lowest BCUT2D eigenvalue weighted by molar-refractivity contribution is -0.585. The van der Waals surface area contributed by atoms with Crippen LogP contribution in [0.4, 0.5) is 7.77 Å². The molecule has 1 aliphatic heterocycles. The Morgan fingerprint density at radius 3 is 1.75 bits per heavy atom. The summed E-state index contributed by atoms with van der Waals surface area (Å²) < 4.78 is 67.1. The Morgan fingerprint density at radius 2 is 1.44 bits per heavy atom. The van der Waals surface area contributed by atoms with Gasteiger partial charge in [-0.2, -0.15) is 13.7 Å². The van der Waals surface area contributed by atoms with Gasteiger partial charge >= 0.3 is 20.6 Å². The van der Waals surface area contributed by atoms with Gasteiger partial charge in [0.2, 0.25) is 6.17 Å². The summed E-state index contributed by atoms with van der Waals surface area (Å²) in [4.78, 5) is 0. The van der Waals surface area contributed by atoms with Crippen molar-refractivity contribution in [1.29, 1.82) is 5.26 Å². The molecule has 0 saturated heterocycles. The summed E-state index contributed by atoms with van der Waals surface area (Å²) in [6.45, 7) is 8.39. The number of hydrogen-bond donors (Lipinski definition) is 1. The van der Waals surface area contributed by atoms with Gasteiger partial charge in [-0.1, -0.05) is 71.3 Å². The second-order valence-corrected chi connectivity index (χ2v) is 9.84. The average molecular weight is 543 g/mol. The molecule has 0 saturated carbocycles. The van der Waals surface area contributed by atoms with Crippen LogP contribution in [0.25, 0.3) is 0 Å². The predicted molar refractivity (Wildman–Crippen MR) is 137 cm³/mol. The molecule has 0 fully saturated rings. The van der Waals surface area contributed by atoms with Gasteiger partial charge in [0.05, 0.1) is 11.8 Å². The van der Waals surface area contributed by atoms with Crippen LogP contribution in [0.2, 0.25) is 0 Å². The minimum absolute atomic E-state index is 0.215. The maximum absolute atomic E-state index is 12.3. The summed E-state index contributed by atoms with van der Waals surface area (Å²) in [7, 11) is -8.95. The summed E-state index contributed by atoms with van der Waals surface area (Å²) in [5.74, 6) is -0.387. The molecule has 3 rings (SSSR count). The third-order valence-corrected chi connectivity index (χ3v) is 5.96. The number of nitriles is 1. The maximum atomic E-state index is 12.3. The second kappa shape index (κ2) is 17.2. The lowest BCUT2D eigenvalue weighted by atomic mass is 10.1. The SMILES string of the molecule is C=[N+]1[CH-]C=[N+](S(=O)(=O)F)[C-]1C.CC#N.NCCc1ccccc1.O=S(=O)(F)CCCc1ccccc1. The molecule has 0 atom stereocenters. The van der Waals surface area contributed by atoms with E-state index < -0.39 is 20.6 Å². The highest BCUT2D eigenvalue weighted by molar-refractivity contribution is 7.86. The fourth-order valence-electron chi connectivity index (χ4n) is 2.62. The zero-order valence-electron chi connectivity index (χ0n) is 20.3. The molecule has 8 nitrogen and oxygen atoms in total. The van der Waals surface area contributed by atoms with Crippen molar-refractivity contribution >= 4 is 33.6 Å². The summed E-state index contributed by atoms with van der Waals surface area (Å²) in [6.07, 6.45) is 3.23. The Bertz CT molecular complexity index is 1200. The third kappa shape index (κ3) is 15.6. The fourth-order valence-corrected chi connectivity index (χ4v) is 3.73. The van der Waals surface area contributed by atoms with E-state index in [0.29, 0.717) is 16.8 Å². The van der Waals surface area contributed by atoms with E-state index in [1.54, 1.807) is 6.07 Å². The molecule has 2 aromatic carbocycles. The Balaban J connectivity index is 0.000000490. The van der Waals surface area contributed by atoms with Crippen molar-refractivity contribution in [2.75, 3.05) is 12.3 Å². The molecule has 0 aromatic heterocycles. The van der Waals surface area contributed by atoms with E-state index in [2.05, 4.69) is 18.9 Å². The normalized spacial score (nSPS) is 12.3. The number of benzene rings is 2. The standard InChI is InChI=1S/C9H11FO2S.C8H11N.C5H7FN2O2S.C2H3N/c10-13(11,12)8-4-7-9-5-2-1-3-6-9;9-7-6-8-4-2-1-3-5-8;1-5-7(2)3-4-8(5)11(6,9)10;1-2-3/h1-3,5-6H,4,7-8H2;1-5H,6-7,9H2;3-4H,2H2,1H3;1H3. The minimum atomic E-state index is -4.66. The van der Waals surface area contributed by atoms with E-state index >= 15 is 0 Å². The summed E-state index contributed by atoms with van der Waals surface area (Å²) in [5, 5.41) is 7.32. The van der Waals surface area contributed by atoms with Gasteiger partial charge in [0, 0.05) is 13.5 Å². The number of aryl methyl sites for hydroxylation is 1. The average Bonchev–Trinajstić information content (AvgIpc) is 3.15. The molecule has 0 spiro atoms. The summed E-state index contributed by atoms with van der Waals surface area (Å²) in [6, 6.07) is 21.4. The van der Waals surface area contributed by atoms with E-state index in [1.165, 1.54) is 30.5 Å². The number of hydrogen-bond acceptors (Lipinski definition) is 6. The van der Waals surface area contributed by atoms with Crippen molar-refractivity contribution in [2.45, 2.75) is 33.1 Å². The first kappa shape index (κ1) is 32.7. The maximum Gasteiger partial charge on any atom is 0.536 e. The topological polar surface area (TPSA) is 124 Å². The van der Waals surface area contributed by atoms with Gasteiger partial charge < -0.3 is 10.3 Å². The predicted octanol–water partition coefficient (Wildman–Crippen LogP) is 3.32. The Hall–Kier alpha value is -3.27. The van der Waals surface area contributed by atoms with Gasteiger partial charge in [-0.3, -0.25) is 0 Å². The van der Waals surface area contributed by atoms with E-state index in [-0.39, 0.29) is 11.9 Å². The first-order valence-electron chi connectivity index (χ1n) is 10.7. The van der Waals surface area contributed by atoms with Crippen LogP contribution in [0.15, 0.2) is 60.7 Å². The number of nitrogens with two attached hydrogens (primary N) is 1. The molecule has 2 aromatic rings. The van der Waals surface area contributed by atoms with Gasteiger partial charge in [-0.05, 0) is 43.9 Å². The number of rotatable bonds is 7. The largest absolute Gasteiger partial charge is 0.536 e. The molecule has 2 N–H and O–H groups in total. The Labute approximate surface area is 213 Å². The molecule has 12 heteroatoms. The van der Waals surface area contributed by atoms with Crippen LogP contribution in [0, 0.1) is 24.0 Å². The van der Waals surface area contributed by atoms with Gasteiger partial charge in [-0.15, -0.1) is 16.3 Å². The molecule has 1 aliphatic rings. The van der Waals surface area contributed by atoms with Crippen LogP contribution in [0.5, 0.6) is 0 Å². The second-order valence-electron chi connectivity index (χ2n) is 7.13. The van der Waals surface area contributed by atoms with Gasteiger partial charge in [0.1, 0.15) is 6.21 Å². The van der Waals surface area contributed by atoms with E-state index in [4.69, 9.17) is 11.0 Å². The molecule has 198 valence electrons. The number of halogens is 2. The molecule has 0 unspecified atom stereocenters. The van der Waals surface area contributed by atoms with Crippen molar-refractivity contribution in [3.8, 4) is 6.07 Å². The highest BCUT2D eigenvalue weighted by atomic mass is 32.3. The molecule has 0 amide bonds. The fraction of sp³-hybridized carbons (Fsp3) is 0.292. The summed E-state index contributed by atoms with van der Waals surface area (Å²) >= 11 is 0. The van der Waals surface area contributed by atoms with Crippen LogP contribution in [0.3, 0.4) is 0 Å². The zero-order chi connectivity index (χ0) is 27.6. The van der Waals surface area contributed by atoms with Gasteiger partial charge in [-0.25, -0.2) is 0 Å². The van der Waals surface area contributed by atoms with E-state index in [0.717, 1.165) is 24.7 Å². The van der Waals surface area contributed by atoms with Crippen molar-refractivity contribution in [3.05, 3.63) is 84.5 Å². The first-order chi connectivity index (χ1) is 16.9. The highest BCUT2D eigenvalue weighted by Gasteiger charge is 2.31. The Morgan fingerprint density at radius 1 is 1.00 bits per heavy atom. The molecule has 36 heavy (non-hydrogen) atoms. The van der Waals surface area contributed by atoms with Crippen molar-refractivity contribution in [1.82, 2.24) is 0 Å². The van der Waals surface area contributed by atoms with Gasteiger partial charge in [0.15, 0.2) is 0 Å². The molecule has 0 bridgehead atoms. The first-order valence-corrected chi connectivity index (χ1v) is 13.6. The monoisotopic (exact) mass is 542 g/mol. The van der Waals surface area contributed by atoms with Crippen LogP contribution in [-0.2, 0) is 33.5 Å². The van der Waals surface area contributed by atoms with Crippen LogP contribution < -0.4 is 5.73 Å². The highest BCUT2D eigenvalue weighted by Crippen LogP contribution is 2.14. The van der Waals surface area contributed by atoms with Crippen molar-refractivity contribution < 1.29 is 33.2 Å². The molecule has 0 radical (unpaired) electrons. The summed E-state index contributed by atoms with van der Waals surface area (Å²) in [5.41, 5.74) is 7.71. The minimum Gasteiger partial charge on any atom is -0.434 e. The number of nitrogens with zero attached hydrogens (tertiary/aromatic N) is 3. The lowest BCUT2D eigenvalue weighted by Crippen LogP contribution is -2.20. The lowest BCUT2D eigenvalue weighted by Gasteiger charge is -2.08. The molecular formula is C24H32F2N4O4S2. The van der Waals surface area contributed by atoms with Gasteiger partial charge in [0.25, 0.3) is 0 Å².